The Morgan fingerprint density at radius 2 is 1.96 bits per heavy atom. The molecule has 0 radical (unpaired) electrons. The highest BCUT2D eigenvalue weighted by molar-refractivity contribution is 7.99. The molecule has 10 heteroatoms. The fraction of sp³-hybridized carbons (Fsp3) is 0.667. The summed E-state index contributed by atoms with van der Waals surface area (Å²) in [4.78, 5) is 2.34. The van der Waals surface area contributed by atoms with E-state index in [1.54, 1.807) is 16.4 Å². The van der Waals surface area contributed by atoms with Crippen LogP contribution in [0.3, 0.4) is 0 Å². The number of nitrogens with zero attached hydrogens (tertiary/aromatic N) is 7. The average Bonchev–Trinajstić information content (AvgIpc) is 3.23. The van der Waals surface area contributed by atoms with Gasteiger partial charge < -0.3 is 4.90 Å². The van der Waals surface area contributed by atoms with Crippen LogP contribution in [0.2, 0.25) is 0 Å². The largest absolute Gasteiger partial charge is 0.302 e. The Bertz CT molecular complexity index is 697. The molecule has 0 unspecified atom stereocenters. The minimum atomic E-state index is 0.887. The van der Waals surface area contributed by atoms with Crippen molar-refractivity contribution in [2.24, 2.45) is 7.05 Å². The van der Waals surface area contributed by atoms with E-state index in [1.165, 1.54) is 36.6 Å². The van der Waals surface area contributed by atoms with Crippen molar-refractivity contribution >= 4 is 40.8 Å². The summed E-state index contributed by atoms with van der Waals surface area (Å²) in [6.45, 7) is 2.11. The third kappa shape index (κ3) is 5.50. The minimum absolute atomic E-state index is 0.887. The van der Waals surface area contributed by atoms with Gasteiger partial charge in [-0.25, -0.2) is 4.68 Å². The Morgan fingerprint density at radius 3 is 2.72 bits per heavy atom. The quantitative estimate of drug-likeness (QED) is 0.472. The van der Waals surface area contributed by atoms with Gasteiger partial charge in [-0.05, 0) is 48.1 Å². The number of hydrogen-bond donors (Lipinski definition) is 0. The molecule has 1 aliphatic heterocycles. The van der Waals surface area contributed by atoms with Crippen molar-refractivity contribution < 1.29 is 0 Å². The number of likely N-dealkylation sites (N-methyl/N-ethyl adjacent to an activating group) is 1. The van der Waals surface area contributed by atoms with Crippen LogP contribution in [0.5, 0.6) is 0 Å². The maximum atomic E-state index is 4.53. The fourth-order valence-corrected chi connectivity index (χ4v) is 5.15. The highest BCUT2D eigenvalue weighted by atomic mass is 32.2. The van der Waals surface area contributed by atoms with Gasteiger partial charge in [0.2, 0.25) is 5.16 Å². The molecule has 136 valence electrons. The van der Waals surface area contributed by atoms with E-state index in [0.29, 0.717) is 0 Å². The molecule has 1 aliphatic rings. The summed E-state index contributed by atoms with van der Waals surface area (Å²) < 4.78 is 10.7. The summed E-state index contributed by atoms with van der Waals surface area (Å²) in [5.41, 5.74) is 2.44. The molecule has 0 fully saturated rings. The number of hydrogen-bond acceptors (Lipinski definition) is 9. The van der Waals surface area contributed by atoms with Gasteiger partial charge in [0, 0.05) is 25.9 Å². The third-order valence-electron chi connectivity index (χ3n) is 3.94. The van der Waals surface area contributed by atoms with Crippen molar-refractivity contribution in [1.29, 1.82) is 0 Å². The Morgan fingerprint density at radius 1 is 1.12 bits per heavy atom. The topological polar surface area (TPSA) is 72.6 Å². The van der Waals surface area contributed by atoms with Crippen molar-refractivity contribution in [3.05, 3.63) is 11.8 Å². The van der Waals surface area contributed by atoms with Crippen LogP contribution in [-0.2, 0) is 7.05 Å². The summed E-state index contributed by atoms with van der Waals surface area (Å²) in [6, 6.07) is 0. The maximum Gasteiger partial charge on any atom is 0.209 e. The molecule has 25 heavy (non-hydrogen) atoms. The summed E-state index contributed by atoms with van der Waals surface area (Å²) in [5, 5.41) is 13.5. The lowest BCUT2D eigenvalue weighted by molar-refractivity contribution is 0.372. The minimum Gasteiger partial charge on any atom is -0.302 e. The molecule has 2 aromatic heterocycles. The average molecular weight is 398 g/mol. The number of unbranched alkanes of at least 4 members (excludes halogenated alkanes) is 2. The molecule has 7 nitrogen and oxygen atoms in total. The van der Waals surface area contributed by atoms with E-state index in [0.717, 1.165) is 46.9 Å². The first-order chi connectivity index (χ1) is 12.2. The molecule has 0 bridgehead atoms. The van der Waals surface area contributed by atoms with Crippen molar-refractivity contribution in [3.63, 3.8) is 0 Å². The highest BCUT2D eigenvalue weighted by Crippen LogP contribution is 2.29. The molecule has 2 aromatic rings. The smallest absolute Gasteiger partial charge is 0.209 e. The monoisotopic (exact) mass is 397 g/mol. The summed E-state index contributed by atoms with van der Waals surface area (Å²) in [7, 11) is 4.03. The van der Waals surface area contributed by atoms with E-state index in [4.69, 9.17) is 0 Å². The molecule has 0 atom stereocenters. The lowest BCUT2D eigenvalue weighted by atomic mass is 10.1. The van der Waals surface area contributed by atoms with Gasteiger partial charge in [-0.1, -0.05) is 24.3 Å². The zero-order chi connectivity index (χ0) is 17.5. The molecule has 0 aromatic carbocycles. The van der Waals surface area contributed by atoms with Gasteiger partial charge >= 0.3 is 0 Å². The molecule has 3 heterocycles. The third-order valence-corrected chi connectivity index (χ3v) is 6.74. The van der Waals surface area contributed by atoms with Crippen molar-refractivity contribution in [1.82, 2.24) is 33.9 Å². The SMILES string of the molecule is CN1CCC=C(c2nsnc2SCCCCCSc2nnnn2C)C1. The standard InChI is InChI=1S/C15H23N7S3/c1-21-8-6-7-12(11-21)13-14(18-25-17-13)23-9-4-3-5-10-24-15-16-19-20-22(15)2/h7H,3-6,8-11H2,1-2H3. The van der Waals surface area contributed by atoms with Crippen LogP contribution in [0, 0.1) is 0 Å². The van der Waals surface area contributed by atoms with Gasteiger partial charge in [0.05, 0.1) is 11.7 Å². The number of aryl methyl sites for hydroxylation is 1. The molecule has 0 saturated heterocycles. The van der Waals surface area contributed by atoms with Gasteiger partial charge in [-0.2, -0.15) is 8.75 Å². The van der Waals surface area contributed by atoms with E-state index >= 15 is 0 Å². The molecular formula is C15H23N7S3. The molecule has 0 amide bonds. The Kier molecular flexibility index (Phi) is 7.26. The van der Waals surface area contributed by atoms with Gasteiger partial charge in [-0.3, -0.25) is 0 Å². The van der Waals surface area contributed by atoms with E-state index in [9.17, 15) is 0 Å². The highest BCUT2D eigenvalue weighted by Gasteiger charge is 2.17. The first kappa shape index (κ1) is 18.8. The first-order valence-corrected chi connectivity index (χ1v) is 11.1. The first-order valence-electron chi connectivity index (χ1n) is 8.42. The molecule has 0 spiro atoms. The van der Waals surface area contributed by atoms with Gasteiger partial charge in [0.1, 0.15) is 10.7 Å². The van der Waals surface area contributed by atoms with E-state index < -0.39 is 0 Å². The molecular weight excluding hydrogens is 374 g/mol. The number of aromatic nitrogens is 6. The van der Waals surface area contributed by atoms with Crippen molar-refractivity contribution in [2.45, 2.75) is 35.9 Å². The van der Waals surface area contributed by atoms with Gasteiger partial charge in [0.25, 0.3) is 0 Å². The number of thioether (sulfide) groups is 2. The summed E-state index contributed by atoms with van der Waals surface area (Å²) in [5.74, 6) is 2.15. The Labute approximate surface area is 161 Å². The molecule has 0 aliphatic carbocycles. The van der Waals surface area contributed by atoms with Gasteiger partial charge in [-0.15, -0.1) is 16.9 Å². The normalized spacial score (nSPS) is 15.5. The van der Waals surface area contributed by atoms with Crippen LogP contribution in [0.4, 0.5) is 0 Å². The van der Waals surface area contributed by atoms with E-state index in [2.05, 4.69) is 42.3 Å². The van der Waals surface area contributed by atoms with Crippen LogP contribution in [0.1, 0.15) is 31.4 Å². The predicted molar refractivity (Wildman–Crippen MR) is 104 cm³/mol. The second-order valence-corrected chi connectivity index (χ2v) is 8.69. The number of tetrazole rings is 1. The summed E-state index contributed by atoms with van der Waals surface area (Å²) >= 11 is 4.89. The van der Waals surface area contributed by atoms with E-state index in [-0.39, 0.29) is 0 Å². The second-order valence-electron chi connectivity index (χ2n) is 6.02. The zero-order valence-corrected chi connectivity index (χ0v) is 17.0. The Hall–Kier alpha value is -0.970. The van der Waals surface area contributed by atoms with Gasteiger partial charge in [0.15, 0.2) is 0 Å². The van der Waals surface area contributed by atoms with E-state index in [1.807, 2.05) is 18.8 Å². The lowest BCUT2D eigenvalue weighted by Gasteiger charge is -2.22. The van der Waals surface area contributed by atoms with Crippen LogP contribution in [0.15, 0.2) is 16.3 Å². The fourth-order valence-electron chi connectivity index (χ4n) is 2.59. The molecule has 0 N–H and O–H groups in total. The van der Waals surface area contributed by atoms with Crippen molar-refractivity contribution in [3.8, 4) is 0 Å². The van der Waals surface area contributed by atoms with Crippen LogP contribution < -0.4 is 0 Å². The summed E-state index contributed by atoms with van der Waals surface area (Å²) in [6.07, 6.45) is 7.00. The lowest BCUT2D eigenvalue weighted by Crippen LogP contribution is -2.25. The predicted octanol–water partition coefficient (Wildman–Crippen LogP) is 2.84. The van der Waals surface area contributed by atoms with Crippen LogP contribution in [-0.4, -0.2) is 65.5 Å². The molecule has 0 saturated carbocycles. The van der Waals surface area contributed by atoms with Crippen LogP contribution in [0.25, 0.3) is 5.57 Å². The second kappa shape index (κ2) is 9.65. The Balaban J connectivity index is 1.35. The van der Waals surface area contributed by atoms with Crippen molar-refractivity contribution in [2.75, 3.05) is 31.6 Å². The zero-order valence-electron chi connectivity index (χ0n) is 14.6. The molecule has 3 rings (SSSR count). The van der Waals surface area contributed by atoms with Crippen LogP contribution >= 0.6 is 35.3 Å². The maximum absolute atomic E-state index is 4.53. The number of rotatable bonds is 9.